The lowest BCUT2D eigenvalue weighted by Gasteiger charge is -2.24. The smallest absolute Gasteiger partial charge is 0.339 e. The third-order valence-corrected chi connectivity index (χ3v) is 6.94. The molecule has 0 unspecified atom stereocenters. The minimum absolute atomic E-state index is 0.0524. The number of aliphatic hydroxyl groups is 1. The predicted octanol–water partition coefficient (Wildman–Crippen LogP) is 3.94. The summed E-state index contributed by atoms with van der Waals surface area (Å²) in [7, 11) is -2.88. The molecule has 1 N–H and O–H groups in total. The highest BCUT2D eigenvalue weighted by Crippen LogP contribution is 2.34. The lowest BCUT2D eigenvalue weighted by Crippen LogP contribution is -2.35. The quantitative estimate of drug-likeness (QED) is 0.116. The van der Waals surface area contributed by atoms with Crippen molar-refractivity contribution in [3.8, 4) is 11.5 Å². The number of methoxy groups -OCH3 is 1. The SMILES string of the molecule is CCOC(=O)[C@H](OS(=O)(=O)c1ccc(C)cc1)[C@@H](O)c1ccc(OCOCCOC)cc1OCc1ccccc1. The Balaban J connectivity index is 1.91. The molecule has 0 aliphatic heterocycles. The second-order valence-electron chi connectivity index (χ2n) is 8.62. The molecule has 0 saturated heterocycles. The summed E-state index contributed by atoms with van der Waals surface area (Å²) in [4.78, 5) is 12.7. The monoisotopic (exact) mass is 574 g/mol. The van der Waals surface area contributed by atoms with Crippen molar-refractivity contribution in [1.82, 2.24) is 0 Å². The van der Waals surface area contributed by atoms with Crippen LogP contribution in [-0.4, -0.2) is 59.3 Å². The van der Waals surface area contributed by atoms with Crippen molar-refractivity contribution in [3.05, 3.63) is 89.5 Å². The van der Waals surface area contributed by atoms with E-state index in [1.165, 1.54) is 30.3 Å². The molecule has 216 valence electrons. The molecule has 3 aromatic rings. The Hall–Kier alpha value is -3.48. The Morgan fingerprint density at radius 1 is 0.950 bits per heavy atom. The van der Waals surface area contributed by atoms with Crippen LogP contribution in [-0.2, 0) is 39.9 Å². The Labute approximate surface area is 234 Å². The minimum Gasteiger partial charge on any atom is -0.488 e. The van der Waals surface area contributed by atoms with Gasteiger partial charge in [0, 0.05) is 18.7 Å². The molecule has 0 amide bonds. The van der Waals surface area contributed by atoms with Crippen molar-refractivity contribution < 1.29 is 46.2 Å². The normalized spacial score (nSPS) is 12.9. The van der Waals surface area contributed by atoms with Crippen molar-refractivity contribution in [3.63, 3.8) is 0 Å². The first kappa shape index (κ1) is 31.1. The fraction of sp³-hybridized carbons (Fsp3) is 0.345. The van der Waals surface area contributed by atoms with Gasteiger partial charge in [-0.2, -0.15) is 8.42 Å². The number of aryl methyl sites for hydroxylation is 1. The van der Waals surface area contributed by atoms with Crippen LogP contribution in [0.4, 0.5) is 0 Å². The largest absolute Gasteiger partial charge is 0.488 e. The summed E-state index contributed by atoms with van der Waals surface area (Å²) in [6.07, 6.45) is -3.67. The van der Waals surface area contributed by atoms with E-state index in [2.05, 4.69) is 0 Å². The maximum atomic E-state index is 13.0. The van der Waals surface area contributed by atoms with Gasteiger partial charge in [-0.1, -0.05) is 48.0 Å². The van der Waals surface area contributed by atoms with E-state index < -0.39 is 28.3 Å². The summed E-state index contributed by atoms with van der Waals surface area (Å²) in [5, 5.41) is 11.3. The van der Waals surface area contributed by atoms with Gasteiger partial charge in [0.2, 0.25) is 6.10 Å². The Bertz CT molecular complexity index is 1310. The predicted molar refractivity (Wildman–Crippen MR) is 145 cm³/mol. The molecular formula is C29H34O10S. The van der Waals surface area contributed by atoms with Gasteiger partial charge in [0.1, 0.15) is 24.2 Å². The summed E-state index contributed by atoms with van der Waals surface area (Å²) >= 11 is 0. The lowest BCUT2D eigenvalue weighted by atomic mass is 10.0. The number of carbonyl (C=O) groups is 1. The van der Waals surface area contributed by atoms with Gasteiger partial charge in [-0.3, -0.25) is 0 Å². The van der Waals surface area contributed by atoms with Crippen molar-refractivity contribution in [1.29, 1.82) is 0 Å². The van der Waals surface area contributed by atoms with Crippen LogP contribution in [0.2, 0.25) is 0 Å². The van der Waals surface area contributed by atoms with Gasteiger partial charge in [0.25, 0.3) is 10.1 Å². The number of hydrogen-bond acceptors (Lipinski definition) is 10. The number of rotatable bonds is 16. The van der Waals surface area contributed by atoms with E-state index >= 15 is 0 Å². The van der Waals surface area contributed by atoms with E-state index in [1.54, 1.807) is 33.1 Å². The van der Waals surface area contributed by atoms with Crippen LogP contribution in [0, 0.1) is 6.92 Å². The highest BCUT2D eigenvalue weighted by molar-refractivity contribution is 7.86. The van der Waals surface area contributed by atoms with Crippen LogP contribution in [0.5, 0.6) is 11.5 Å². The lowest BCUT2D eigenvalue weighted by molar-refractivity contribution is -0.157. The van der Waals surface area contributed by atoms with E-state index in [0.29, 0.717) is 19.0 Å². The standard InChI is InChI=1S/C29H34O10S/c1-4-36-29(31)28(39-40(32,33)24-13-10-21(2)11-14-24)27(30)25-15-12-23(38-20-35-17-16-34-3)18-26(25)37-19-22-8-6-5-7-9-22/h5-15,18,27-28,30H,4,16-17,19-20H2,1-3H3/t27-,28+/m0/s1. The van der Waals surface area contributed by atoms with E-state index in [9.17, 15) is 18.3 Å². The van der Waals surface area contributed by atoms with Gasteiger partial charge in [-0.15, -0.1) is 0 Å². The first-order valence-corrected chi connectivity index (χ1v) is 14.0. The fourth-order valence-electron chi connectivity index (χ4n) is 3.53. The van der Waals surface area contributed by atoms with Crippen molar-refractivity contribution in [2.75, 3.05) is 33.7 Å². The van der Waals surface area contributed by atoms with E-state index in [4.69, 9.17) is 27.9 Å². The average Bonchev–Trinajstić information content (AvgIpc) is 2.95. The molecule has 0 spiro atoms. The average molecular weight is 575 g/mol. The van der Waals surface area contributed by atoms with Gasteiger partial charge >= 0.3 is 5.97 Å². The van der Waals surface area contributed by atoms with Crippen LogP contribution < -0.4 is 9.47 Å². The molecule has 0 aliphatic rings. The van der Waals surface area contributed by atoms with Gasteiger partial charge in [0.05, 0.1) is 24.7 Å². The van der Waals surface area contributed by atoms with Crippen molar-refractivity contribution in [2.24, 2.45) is 0 Å². The molecule has 0 heterocycles. The van der Waals surface area contributed by atoms with Gasteiger partial charge in [0.15, 0.2) is 6.79 Å². The zero-order valence-corrected chi connectivity index (χ0v) is 23.5. The van der Waals surface area contributed by atoms with Gasteiger partial charge in [-0.05, 0) is 43.7 Å². The molecule has 0 saturated carbocycles. The van der Waals surface area contributed by atoms with Gasteiger partial charge < -0.3 is 28.8 Å². The van der Waals surface area contributed by atoms with Crippen LogP contribution in [0.3, 0.4) is 0 Å². The van der Waals surface area contributed by atoms with Crippen LogP contribution >= 0.6 is 0 Å². The van der Waals surface area contributed by atoms with Gasteiger partial charge in [-0.25, -0.2) is 8.98 Å². The zero-order valence-electron chi connectivity index (χ0n) is 22.6. The molecule has 0 bridgehead atoms. The third-order valence-electron chi connectivity index (χ3n) is 5.63. The zero-order chi connectivity index (χ0) is 29.0. The number of hydrogen-bond donors (Lipinski definition) is 1. The summed E-state index contributed by atoms with van der Waals surface area (Å²) in [5.41, 5.74) is 1.78. The molecular weight excluding hydrogens is 540 g/mol. The van der Waals surface area contributed by atoms with Crippen LogP contribution in [0.1, 0.15) is 29.7 Å². The molecule has 11 heteroatoms. The first-order chi connectivity index (χ1) is 19.2. The first-order valence-electron chi connectivity index (χ1n) is 12.6. The molecule has 0 radical (unpaired) electrons. The molecule has 0 aromatic heterocycles. The summed E-state index contributed by atoms with van der Waals surface area (Å²) < 4.78 is 58.3. The molecule has 3 rings (SSSR count). The highest BCUT2D eigenvalue weighted by atomic mass is 32.2. The summed E-state index contributed by atoms with van der Waals surface area (Å²) in [6, 6.07) is 19.7. The van der Waals surface area contributed by atoms with E-state index in [1.807, 2.05) is 30.3 Å². The van der Waals surface area contributed by atoms with Crippen molar-refractivity contribution in [2.45, 2.75) is 37.6 Å². The highest BCUT2D eigenvalue weighted by Gasteiger charge is 2.37. The van der Waals surface area contributed by atoms with Crippen LogP contribution in [0.15, 0.2) is 77.7 Å². The maximum Gasteiger partial charge on any atom is 0.339 e. The molecule has 0 aliphatic carbocycles. The summed E-state index contributed by atoms with van der Waals surface area (Å²) in [6.45, 7) is 4.11. The van der Waals surface area contributed by atoms with Crippen molar-refractivity contribution >= 4 is 16.1 Å². The number of carbonyl (C=O) groups excluding carboxylic acids is 1. The Morgan fingerprint density at radius 2 is 1.68 bits per heavy atom. The molecule has 3 aromatic carbocycles. The molecule has 10 nitrogen and oxygen atoms in total. The fourth-order valence-corrected chi connectivity index (χ4v) is 4.56. The molecule has 2 atom stereocenters. The number of aliphatic hydroxyl groups excluding tert-OH is 1. The second-order valence-corrected chi connectivity index (χ2v) is 10.2. The topological polar surface area (TPSA) is 127 Å². The number of esters is 1. The molecule has 0 fully saturated rings. The summed E-state index contributed by atoms with van der Waals surface area (Å²) in [5.74, 6) is -0.541. The molecule has 40 heavy (non-hydrogen) atoms. The number of ether oxygens (including phenoxy) is 5. The number of benzene rings is 3. The Kier molecular flexibility index (Phi) is 11.9. The van der Waals surface area contributed by atoms with E-state index in [-0.39, 0.29) is 36.2 Å². The third kappa shape index (κ3) is 9.04. The minimum atomic E-state index is -4.44. The maximum absolute atomic E-state index is 13.0. The van der Waals surface area contributed by atoms with E-state index in [0.717, 1.165) is 11.1 Å². The Morgan fingerprint density at radius 3 is 2.35 bits per heavy atom. The second kappa shape index (κ2) is 15.3. The van der Waals surface area contributed by atoms with Crippen LogP contribution in [0.25, 0.3) is 0 Å².